The summed E-state index contributed by atoms with van der Waals surface area (Å²) in [5.41, 5.74) is 27.5. The highest BCUT2D eigenvalue weighted by Gasteiger charge is 2.64. The Morgan fingerprint density at radius 2 is 1.04 bits per heavy atom. The van der Waals surface area contributed by atoms with Crippen LogP contribution in [0.15, 0.2) is 164 Å². The van der Waals surface area contributed by atoms with Crippen LogP contribution in [0.1, 0.15) is 152 Å². The first-order valence-corrected chi connectivity index (χ1v) is 28.2. The van der Waals surface area contributed by atoms with Crippen LogP contribution >= 0.6 is 0 Å². The fourth-order valence-electron chi connectivity index (χ4n) is 15.8. The predicted octanol–water partition coefficient (Wildman–Crippen LogP) is 16.2. The van der Waals surface area contributed by atoms with Gasteiger partial charge in [-0.05, 0) is 165 Å². The summed E-state index contributed by atoms with van der Waals surface area (Å²) < 4.78 is 0. The van der Waals surface area contributed by atoms with Crippen molar-refractivity contribution in [1.29, 1.82) is 0 Å². The average molecular weight is 978 g/mol. The fraction of sp³-hybridized carbons (Fsp3) is 0.324. The van der Waals surface area contributed by atoms with Crippen LogP contribution < -0.4 is 31.1 Å². The van der Waals surface area contributed by atoms with E-state index >= 15 is 0 Å². The third kappa shape index (κ3) is 6.01. The Labute approximate surface area is 447 Å². The van der Waals surface area contributed by atoms with E-state index in [4.69, 9.17) is 0 Å². The smallest absolute Gasteiger partial charge is 0.252 e. The molecule has 14 rings (SSSR count). The zero-order valence-electron chi connectivity index (χ0n) is 46.4. The summed E-state index contributed by atoms with van der Waals surface area (Å²) in [6.45, 7) is 29.3. The second-order valence-electron chi connectivity index (χ2n) is 26.5. The van der Waals surface area contributed by atoms with Crippen LogP contribution in [0.2, 0.25) is 0 Å². The van der Waals surface area contributed by atoms with E-state index in [1.54, 1.807) is 0 Å². The predicted molar refractivity (Wildman–Crippen MR) is 319 cm³/mol. The Morgan fingerprint density at radius 3 is 1.71 bits per heavy atom. The highest BCUT2D eigenvalue weighted by molar-refractivity contribution is 7.00. The van der Waals surface area contributed by atoms with Gasteiger partial charge >= 0.3 is 0 Å². The third-order valence-corrected chi connectivity index (χ3v) is 20.4. The third-order valence-electron chi connectivity index (χ3n) is 20.4. The van der Waals surface area contributed by atoms with Gasteiger partial charge in [0.25, 0.3) is 6.71 Å². The van der Waals surface area contributed by atoms with E-state index in [9.17, 15) is 0 Å². The molecule has 0 spiro atoms. The summed E-state index contributed by atoms with van der Waals surface area (Å²) in [7, 11) is 0. The molecular formula is C71H72BN3. The molecule has 4 heterocycles. The van der Waals surface area contributed by atoms with Crippen molar-refractivity contribution < 1.29 is 0 Å². The van der Waals surface area contributed by atoms with E-state index in [0.29, 0.717) is 5.92 Å². The lowest BCUT2D eigenvalue weighted by molar-refractivity contribution is 0.244. The Bertz CT molecular complexity index is 3720. The number of fused-ring (bicyclic) bond motifs is 14. The molecule has 4 heteroatoms. The molecule has 75 heavy (non-hydrogen) atoms. The average Bonchev–Trinajstić information content (AvgIpc) is 3.92. The quantitative estimate of drug-likeness (QED) is 0.163. The number of anilines is 7. The monoisotopic (exact) mass is 978 g/mol. The first-order chi connectivity index (χ1) is 35.8. The van der Waals surface area contributed by atoms with Gasteiger partial charge in [0.1, 0.15) is 0 Å². The lowest BCUT2D eigenvalue weighted by Gasteiger charge is -2.54. The van der Waals surface area contributed by atoms with E-state index in [-0.39, 0.29) is 33.9 Å². The topological polar surface area (TPSA) is 9.72 Å². The molecule has 4 unspecified atom stereocenters. The van der Waals surface area contributed by atoms with Gasteiger partial charge in [-0.2, -0.15) is 0 Å². The van der Waals surface area contributed by atoms with E-state index in [1.165, 1.54) is 117 Å². The van der Waals surface area contributed by atoms with Gasteiger partial charge in [-0.1, -0.05) is 197 Å². The Morgan fingerprint density at radius 1 is 0.467 bits per heavy atom. The van der Waals surface area contributed by atoms with Gasteiger partial charge in [0, 0.05) is 50.5 Å². The standard InChI is InChI=1S/C71H72BN3/c1-44(2)48-29-33-59(52(39-48)45-21-14-13-15-22-45)73-61-41-50(67(6,7)8)30-32-57(61)72-58-28-20-27-55-65(58)75(71(12)54-26-19-17-24-47(54)35-37-68(55,71)9)63-43-51(42-62(73)64(63)72)74-60-34-31-49(66(3,4)5)40-56(60)69(10)38-36-46-23-16-18-25-53(46)70(69,74)11/h13-34,39-44H,35-38H2,1-12H3. The maximum absolute atomic E-state index is 2.90. The summed E-state index contributed by atoms with van der Waals surface area (Å²) >= 11 is 0. The van der Waals surface area contributed by atoms with Crippen LogP contribution in [-0.2, 0) is 45.6 Å². The van der Waals surface area contributed by atoms with Gasteiger partial charge in [-0.15, -0.1) is 0 Å². The molecular weight excluding hydrogens is 906 g/mol. The van der Waals surface area contributed by atoms with Crippen molar-refractivity contribution in [3.05, 3.63) is 214 Å². The van der Waals surface area contributed by atoms with Gasteiger partial charge in [-0.3, -0.25) is 0 Å². The van der Waals surface area contributed by atoms with E-state index in [2.05, 4.69) is 262 Å². The molecule has 0 radical (unpaired) electrons. The lowest BCUT2D eigenvalue weighted by Crippen LogP contribution is -2.64. The molecule has 8 aromatic rings. The largest absolute Gasteiger partial charge is 0.331 e. The van der Waals surface area contributed by atoms with E-state index in [0.717, 1.165) is 25.7 Å². The van der Waals surface area contributed by atoms with Crippen molar-refractivity contribution in [3.8, 4) is 11.1 Å². The number of benzene rings is 8. The minimum absolute atomic E-state index is 0.00734. The normalized spacial score (nSPS) is 23.5. The number of para-hydroxylation sites is 1. The van der Waals surface area contributed by atoms with Gasteiger partial charge in [0.2, 0.25) is 0 Å². The van der Waals surface area contributed by atoms with Gasteiger partial charge in [-0.25, -0.2) is 0 Å². The number of aryl methyl sites for hydroxylation is 2. The minimum atomic E-state index is -0.398. The molecule has 0 saturated heterocycles. The van der Waals surface area contributed by atoms with E-state index < -0.39 is 5.54 Å². The zero-order valence-corrected chi connectivity index (χ0v) is 46.4. The fourth-order valence-corrected chi connectivity index (χ4v) is 15.8. The maximum atomic E-state index is 2.90. The summed E-state index contributed by atoms with van der Waals surface area (Å²) in [5.74, 6) is 0.375. The molecule has 6 aliphatic rings. The summed E-state index contributed by atoms with van der Waals surface area (Å²) in [6, 6.07) is 65.2. The van der Waals surface area contributed by atoms with Crippen LogP contribution in [0, 0.1) is 0 Å². The number of rotatable bonds is 4. The minimum Gasteiger partial charge on any atom is -0.331 e. The van der Waals surface area contributed by atoms with Crippen molar-refractivity contribution in [2.75, 3.05) is 14.7 Å². The Kier molecular flexibility index (Phi) is 9.62. The molecule has 8 aromatic carbocycles. The summed E-state index contributed by atoms with van der Waals surface area (Å²) in [6.07, 6.45) is 4.29. The molecule has 0 N–H and O–H groups in total. The molecule has 374 valence electrons. The second-order valence-corrected chi connectivity index (χ2v) is 26.5. The molecule has 4 aliphatic heterocycles. The van der Waals surface area contributed by atoms with Gasteiger partial charge < -0.3 is 14.7 Å². The van der Waals surface area contributed by atoms with Crippen LogP contribution in [-0.4, -0.2) is 6.71 Å². The SMILES string of the molecule is CC(C)c1ccc(N2c3cc(C(C)(C)C)ccc3B3c4cccc5c4N(c4cc(N6c7ccc(C(C)(C)C)cc7C7(C)CCc8ccccc8C67C)cc2c43)C2(C)c3ccccc3CCC52C)c(-c2ccccc2)c1. The van der Waals surface area contributed by atoms with Crippen molar-refractivity contribution in [2.45, 2.75) is 147 Å². The summed E-state index contributed by atoms with van der Waals surface area (Å²) in [5, 5.41) is 0. The molecule has 0 aromatic heterocycles. The molecule has 0 saturated carbocycles. The lowest BCUT2D eigenvalue weighted by atomic mass is 9.33. The van der Waals surface area contributed by atoms with Crippen LogP contribution in [0.4, 0.5) is 39.8 Å². The summed E-state index contributed by atoms with van der Waals surface area (Å²) in [4.78, 5) is 8.47. The van der Waals surface area contributed by atoms with Gasteiger partial charge in [0.05, 0.1) is 16.8 Å². The zero-order chi connectivity index (χ0) is 51.9. The van der Waals surface area contributed by atoms with Crippen molar-refractivity contribution in [2.24, 2.45) is 0 Å². The van der Waals surface area contributed by atoms with Gasteiger partial charge in [0.15, 0.2) is 0 Å². The highest BCUT2D eigenvalue weighted by atomic mass is 15.3. The molecule has 0 amide bonds. The first kappa shape index (κ1) is 46.7. The molecule has 2 aliphatic carbocycles. The highest BCUT2D eigenvalue weighted by Crippen LogP contribution is 2.67. The number of nitrogens with zero attached hydrogens (tertiary/aromatic N) is 3. The molecule has 0 bridgehead atoms. The Hall–Kier alpha value is -6.78. The second kappa shape index (κ2) is 15.4. The molecule has 4 atom stereocenters. The first-order valence-electron chi connectivity index (χ1n) is 28.2. The maximum Gasteiger partial charge on any atom is 0.252 e. The number of hydrogen-bond donors (Lipinski definition) is 0. The number of hydrogen-bond acceptors (Lipinski definition) is 3. The molecule has 0 fully saturated rings. The van der Waals surface area contributed by atoms with E-state index in [1.807, 2.05) is 0 Å². The van der Waals surface area contributed by atoms with Crippen LogP contribution in [0.5, 0.6) is 0 Å². The Balaban J connectivity index is 1.15. The van der Waals surface area contributed by atoms with Crippen LogP contribution in [0.25, 0.3) is 11.1 Å². The molecule has 3 nitrogen and oxygen atoms in total. The van der Waals surface area contributed by atoms with Crippen molar-refractivity contribution in [3.63, 3.8) is 0 Å². The van der Waals surface area contributed by atoms with Crippen LogP contribution in [0.3, 0.4) is 0 Å². The van der Waals surface area contributed by atoms with Crippen molar-refractivity contribution >= 4 is 62.9 Å². The van der Waals surface area contributed by atoms with Crippen molar-refractivity contribution in [1.82, 2.24) is 0 Å².